The molecule has 0 radical (unpaired) electrons. The van der Waals surface area contributed by atoms with Gasteiger partial charge in [0.25, 0.3) is 0 Å². The Morgan fingerprint density at radius 1 is 0.943 bits per heavy atom. The van der Waals surface area contributed by atoms with E-state index in [9.17, 15) is 9.59 Å². The molecule has 0 amide bonds. The van der Waals surface area contributed by atoms with E-state index in [0.29, 0.717) is 19.4 Å². The molecule has 0 fully saturated rings. The van der Waals surface area contributed by atoms with Crippen molar-refractivity contribution < 1.29 is 29.0 Å². The van der Waals surface area contributed by atoms with Crippen LogP contribution in [0.3, 0.4) is 0 Å². The number of hydrogen-bond acceptors (Lipinski definition) is 5. The molecule has 35 heavy (non-hydrogen) atoms. The predicted octanol–water partition coefficient (Wildman–Crippen LogP) is 6.61. The lowest BCUT2D eigenvalue weighted by molar-refractivity contribution is -0.148. The molecule has 7 heteroatoms. The molecular weight excluding hydrogens is 460 g/mol. The van der Waals surface area contributed by atoms with Gasteiger partial charge in [-0.25, -0.2) is 0 Å². The van der Waals surface area contributed by atoms with Gasteiger partial charge in [0.05, 0.1) is 12.5 Å². The van der Waals surface area contributed by atoms with Crippen molar-refractivity contribution in [3.8, 4) is 11.5 Å². The lowest BCUT2D eigenvalue weighted by Crippen LogP contribution is -2.43. The highest BCUT2D eigenvalue weighted by molar-refractivity contribution is 6.74. The molecule has 0 saturated heterocycles. The molecule has 0 saturated carbocycles. The van der Waals surface area contributed by atoms with Crippen LogP contribution < -0.4 is 4.43 Å². The molecule has 1 atom stereocenters. The third-order valence-corrected chi connectivity index (χ3v) is 10.6. The number of carboxylic acids is 1. The number of rotatable bonds is 10. The van der Waals surface area contributed by atoms with Gasteiger partial charge in [-0.1, -0.05) is 52.0 Å². The average molecular weight is 503 g/mol. The Hall–Kier alpha value is -2.80. The van der Waals surface area contributed by atoms with Gasteiger partial charge in [0.15, 0.2) is 0 Å². The fourth-order valence-corrected chi connectivity index (χ4v) is 4.03. The summed E-state index contributed by atoms with van der Waals surface area (Å²) in [6.45, 7) is 15.3. The highest BCUT2D eigenvalue weighted by Crippen LogP contribution is 2.37. The second-order valence-corrected chi connectivity index (χ2v) is 14.9. The minimum Gasteiger partial charge on any atom is -0.544 e. The minimum absolute atomic E-state index is 0.0931. The number of carbonyl (C=O) groups is 2. The molecule has 2 rings (SSSR count). The molecule has 0 spiro atoms. The highest BCUT2D eigenvalue weighted by Gasteiger charge is 2.38. The van der Waals surface area contributed by atoms with Gasteiger partial charge in [0, 0.05) is 6.42 Å². The lowest BCUT2D eigenvalue weighted by atomic mass is 9.97. The summed E-state index contributed by atoms with van der Waals surface area (Å²) in [5.41, 5.74) is 2.07. The number of hydrogen-bond donors (Lipinski definition) is 2. The van der Waals surface area contributed by atoms with Crippen LogP contribution in [-0.4, -0.2) is 37.1 Å². The van der Waals surface area contributed by atoms with Crippen LogP contribution in [0, 0.1) is 5.92 Å². The molecule has 2 aromatic carbocycles. The summed E-state index contributed by atoms with van der Waals surface area (Å²) >= 11 is 0. The number of benzene rings is 2. The quantitative estimate of drug-likeness (QED) is 0.280. The van der Waals surface area contributed by atoms with Crippen LogP contribution in [-0.2, 0) is 27.2 Å². The first-order valence-electron chi connectivity index (χ1n) is 12.2. The fraction of sp³-hybridized carbons (Fsp3) is 0.500. The fourth-order valence-electron chi connectivity index (χ4n) is 2.99. The Balaban J connectivity index is 0.000000355. The number of aryl methyl sites for hydroxylation is 1. The molecule has 194 valence electrons. The standard InChI is InChI=1S/C15H24O3Si.C13H18O3/c1-15(2,3)19(4,5)18-13-9-6-12(7-10-13)8-11-14(16)17;1-3-11(13(15)16-4-2)9-10-5-7-12(14)8-6-10/h6-7,9-10H,8,11H2,1-5H3,(H,16,17);5-8,11,14H,3-4,9H2,1-2H3. The maximum absolute atomic E-state index is 11.6. The van der Waals surface area contributed by atoms with Crippen molar-refractivity contribution >= 4 is 20.3 Å². The second-order valence-electron chi connectivity index (χ2n) is 10.1. The molecule has 0 aliphatic carbocycles. The van der Waals surface area contributed by atoms with Gasteiger partial charge in [-0.2, -0.15) is 0 Å². The van der Waals surface area contributed by atoms with Crippen LogP contribution in [0.4, 0.5) is 0 Å². The summed E-state index contributed by atoms with van der Waals surface area (Å²) in [5, 5.41) is 18.0. The van der Waals surface area contributed by atoms with E-state index in [-0.39, 0.29) is 29.1 Å². The van der Waals surface area contributed by atoms with Gasteiger partial charge in [-0.05, 0) is 79.7 Å². The zero-order valence-corrected chi connectivity index (χ0v) is 23.3. The summed E-state index contributed by atoms with van der Waals surface area (Å²) in [6.07, 6.45) is 2.16. The van der Waals surface area contributed by atoms with Crippen molar-refractivity contribution in [1.29, 1.82) is 0 Å². The van der Waals surface area contributed by atoms with E-state index in [2.05, 4.69) is 33.9 Å². The van der Waals surface area contributed by atoms with Gasteiger partial charge in [0.1, 0.15) is 11.5 Å². The van der Waals surface area contributed by atoms with E-state index < -0.39 is 14.3 Å². The maximum Gasteiger partial charge on any atom is 0.309 e. The van der Waals surface area contributed by atoms with E-state index in [1.165, 1.54) is 0 Å². The Morgan fingerprint density at radius 2 is 1.49 bits per heavy atom. The molecule has 0 bridgehead atoms. The van der Waals surface area contributed by atoms with Gasteiger partial charge in [0.2, 0.25) is 8.32 Å². The van der Waals surface area contributed by atoms with Gasteiger partial charge >= 0.3 is 11.9 Å². The van der Waals surface area contributed by atoms with Crippen LogP contribution in [0.2, 0.25) is 18.1 Å². The normalized spacial score (nSPS) is 12.2. The van der Waals surface area contributed by atoms with Crippen molar-refractivity contribution in [2.75, 3.05) is 6.61 Å². The number of esters is 1. The van der Waals surface area contributed by atoms with E-state index in [0.717, 1.165) is 23.3 Å². The molecular formula is C28H42O6Si. The second kappa shape index (κ2) is 13.9. The number of carbonyl (C=O) groups excluding carboxylic acids is 1. The number of phenols is 1. The van der Waals surface area contributed by atoms with Crippen molar-refractivity contribution in [2.24, 2.45) is 5.92 Å². The number of carboxylic acid groups (broad SMARTS) is 1. The van der Waals surface area contributed by atoms with Gasteiger partial charge in [-0.15, -0.1) is 0 Å². The number of ether oxygens (including phenoxy) is 1. The average Bonchev–Trinajstić information content (AvgIpc) is 2.78. The number of aliphatic carboxylic acids is 1. The van der Waals surface area contributed by atoms with Crippen LogP contribution in [0.1, 0.15) is 58.6 Å². The molecule has 0 aromatic heterocycles. The third kappa shape index (κ3) is 11.0. The smallest absolute Gasteiger partial charge is 0.309 e. The van der Waals surface area contributed by atoms with Crippen LogP contribution in [0.5, 0.6) is 11.5 Å². The third-order valence-electron chi connectivity index (χ3n) is 6.26. The highest BCUT2D eigenvalue weighted by atomic mass is 28.4. The summed E-state index contributed by atoms with van der Waals surface area (Å²) < 4.78 is 11.2. The topological polar surface area (TPSA) is 93.1 Å². The first-order chi connectivity index (χ1) is 16.3. The van der Waals surface area contributed by atoms with E-state index in [4.69, 9.17) is 19.4 Å². The summed E-state index contributed by atoms with van der Waals surface area (Å²) in [6, 6.07) is 14.7. The maximum atomic E-state index is 11.6. The Bertz CT molecular complexity index is 914. The molecule has 2 aromatic rings. The van der Waals surface area contributed by atoms with Crippen LogP contribution in [0.25, 0.3) is 0 Å². The van der Waals surface area contributed by atoms with Crippen LogP contribution in [0.15, 0.2) is 48.5 Å². The number of aromatic hydroxyl groups is 1. The zero-order chi connectivity index (χ0) is 26.6. The molecule has 2 N–H and O–H groups in total. The first kappa shape index (κ1) is 30.2. The van der Waals surface area contributed by atoms with E-state index in [1.807, 2.05) is 50.2 Å². The lowest BCUT2D eigenvalue weighted by Gasteiger charge is -2.36. The summed E-state index contributed by atoms with van der Waals surface area (Å²) in [4.78, 5) is 22.1. The largest absolute Gasteiger partial charge is 0.544 e. The summed E-state index contributed by atoms with van der Waals surface area (Å²) in [7, 11) is -1.79. The molecule has 0 aliphatic rings. The molecule has 0 heterocycles. The van der Waals surface area contributed by atoms with E-state index >= 15 is 0 Å². The number of phenolic OH excluding ortho intramolecular Hbond substituents is 1. The monoisotopic (exact) mass is 502 g/mol. The van der Waals surface area contributed by atoms with Crippen molar-refractivity contribution in [1.82, 2.24) is 0 Å². The van der Waals surface area contributed by atoms with Crippen molar-refractivity contribution in [3.05, 3.63) is 59.7 Å². The Morgan fingerprint density at radius 3 is 1.94 bits per heavy atom. The molecule has 1 unspecified atom stereocenters. The molecule has 0 aliphatic heterocycles. The Kier molecular flexibility index (Phi) is 12.0. The predicted molar refractivity (Wildman–Crippen MR) is 142 cm³/mol. The van der Waals surface area contributed by atoms with Gasteiger partial charge < -0.3 is 19.4 Å². The van der Waals surface area contributed by atoms with Crippen LogP contribution >= 0.6 is 0 Å². The van der Waals surface area contributed by atoms with Crippen molar-refractivity contribution in [3.63, 3.8) is 0 Å². The Labute approximate surface area is 211 Å². The van der Waals surface area contributed by atoms with Gasteiger partial charge in [-0.3, -0.25) is 9.59 Å². The SMILES string of the molecule is CC(C)(C)[Si](C)(C)Oc1ccc(CCC(=O)O)cc1.CCOC(=O)C(CC)Cc1ccc(O)cc1. The molecule has 6 nitrogen and oxygen atoms in total. The zero-order valence-electron chi connectivity index (χ0n) is 22.3. The first-order valence-corrected chi connectivity index (χ1v) is 15.1. The minimum atomic E-state index is -1.79. The van der Waals surface area contributed by atoms with E-state index in [1.54, 1.807) is 12.1 Å². The summed E-state index contributed by atoms with van der Waals surface area (Å²) in [5.74, 6) is 0.128. The van der Waals surface area contributed by atoms with Crippen molar-refractivity contribution in [2.45, 2.75) is 78.4 Å².